The highest BCUT2D eigenvalue weighted by Crippen LogP contribution is 2.34. The van der Waals surface area contributed by atoms with Crippen LogP contribution < -0.4 is 5.32 Å². The monoisotopic (exact) mass is 360 g/mol. The summed E-state index contributed by atoms with van der Waals surface area (Å²) in [5, 5.41) is 3.22. The van der Waals surface area contributed by atoms with Crippen LogP contribution in [0.1, 0.15) is 32.3 Å². The summed E-state index contributed by atoms with van der Waals surface area (Å²) >= 11 is 3.38. The Labute approximate surface area is 129 Å². The van der Waals surface area contributed by atoms with Crippen molar-refractivity contribution in [2.75, 3.05) is 13.1 Å². The normalized spacial score (nSPS) is 15.8. The number of nitrogens with one attached hydrogen (secondary N) is 1. The van der Waals surface area contributed by atoms with Gasteiger partial charge in [0.05, 0.1) is 4.90 Å². The first-order chi connectivity index (χ1) is 9.50. The van der Waals surface area contributed by atoms with Gasteiger partial charge in [-0.1, -0.05) is 19.9 Å². The van der Waals surface area contributed by atoms with E-state index in [9.17, 15) is 8.42 Å². The lowest BCUT2D eigenvalue weighted by Gasteiger charge is -2.21. The topological polar surface area (TPSA) is 49.4 Å². The summed E-state index contributed by atoms with van der Waals surface area (Å²) in [4.78, 5) is 0.377. The summed E-state index contributed by atoms with van der Waals surface area (Å²) < 4.78 is 27.8. The molecule has 0 aliphatic heterocycles. The lowest BCUT2D eigenvalue weighted by Crippen LogP contribution is -2.33. The van der Waals surface area contributed by atoms with Gasteiger partial charge in [0.25, 0.3) is 0 Å². The Kier molecular flexibility index (Phi) is 5.23. The van der Waals surface area contributed by atoms with Crippen LogP contribution in [0.5, 0.6) is 0 Å². The molecule has 1 saturated carbocycles. The predicted octanol–water partition coefficient (Wildman–Crippen LogP) is 2.73. The first-order valence-electron chi connectivity index (χ1n) is 7.01. The zero-order chi connectivity index (χ0) is 14.8. The van der Waals surface area contributed by atoms with Crippen molar-refractivity contribution < 1.29 is 8.42 Å². The Morgan fingerprint density at radius 2 is 2.05 bits per heavy atom. The number of benzene rings is 1. The molecule has 20 heavy (non-hydrogen) atoms. The van der Waals surface area contributed by atoms with Crippen molar-refractivity contribution in [3.05, 3.63) is 28.2 Å². The third-order valence-electron chi connectivity index (χ3n) is 3.43. The van der Waals surface area contributed by atoms with Gasteiger partial charge in [0.2, 0.25) is 10.0 Å². The highest BCUT2D eigenvalue weighted by Gasteiger charge is 2.37. The summed E-state index contributed by atoms with van der Waals surface area (Å²) in [6.45, 7) is 5.99. The molecule has 112 valence electrons. The van der Waals surface area contributed by atoms with E-state index in [1.807, 2.05) is 26.0 Å². The minimum absolute atomic E-state index is 0.189. The number of hydrogen-bond acceptors (Lipinski definition) is 3. The van der Waals surface area contributed by atoms with Gasteiger partial charge in [0.1, 0.15) is 0 Å². The van der Waals surface area contributed by atoms with Crippen LogP contribution in [0.25, 0.3) is 0 Å². The molecule has 0 saturated heterocycles. The average molecular weight is 361 g/mol. The van der Waals surface area contributed by atoms with E-state index in [4.69, 9.17) is 0 Å². The average Bonchev–Trinajstić information content (AvgIpc) is 3.22. The molecule has 1 fully saturated rings. The third kappa shape index (κ3) is 3.42. The van der Waals surface area contributed by atoms with Crippen LogP contribution in [0.2, 0.25) is 0 Å². The predicted molar refractivity (Wildman–Crippen MR) is 84.1 cm³/mol. The van der Waals surface area contributed by atoms with Gasteiger partial charge in [-0.2, -0.15) is 4.31 Å². The Balaban J connectivity index is 2.34. The van der Waals surface area contributed by atoms with Crippen LogP contribution in [0.4, 0.5) is 0 Å². The lowest BCUT2D eigenvalue weighted by atomic mass is 10.2. The first kappa shape index (κ1) is 15.9. The lowest BCUT2D eigenvalue weighted by molar-refractivity contribution is 0.420. The fraction of sp³-hybridized carbons (Fsp3) is 0.571. The molecule has 0 unspecified atom stereocenters. The third-order valence-corrected chi connectivity index (χ3v) is 6.45. The zero-order valence-electron chi connectivity index (χ0n) is 11.9. The number of sulfonamides is 1. The smallest absolute Gasteiger partial charge is 0.244 e. The van der Waals surface area contributed by atoms with Gasteiger partial charge >= 0.3 is 0 Å². The second-order valence-electron chi connectivity index (χ2n) is 4.98. The van der Waals surface area contributed by atoms with Crippen LogP contribution in [-0.2, 0) is 16.6 Å². The van der Waals surface area contributed by atoms with Crippen molar-refractivity contribution in [3.8, 4) is 0 Å². The second kappa shape index (κ2) is 6.56. The zero-order valence-corrected chi connectivity index (χ0v) is 14.3. The SMILES string of the molecule is CCNCc1ccc(Br)c(S(=O)(=O)N(CC)C2CC2)c1. The van der Waals surface area contributed by atoms with Crippen LogP contribution >= 0.6 is 15.9 Å². The number of nitrogens with zero attached hydrogens (tertiary/aromatic N) is 1. The fourth-order valence-corrected chi connectivity index (χ4v) is 4.91. The molecule has 6 heteroatoms. The van der Waals surface area contributed by atoms with Crippen LogP contribution in [-0.4, -0.2) is 31.9 Å². The molecule has 0 radical (unpaired) electrons. The molecule has 0 spiro atoms. The molecule has 2 rings (SSSR count). The van der Waals surface area contributed by atoms with Gasteiger partial charge < -0.3 is 5.32 Å². The Morgan fingerprint density at radius 3 is 2.60 bits per heavy atom. The fourth-order valence-electron chi connectivity index (χ4n) is 2.24. The van der Waals surface area contributed by atoms with Gasteiger partial charge in [-0.05, 0) is 53.0 Å². The maximum absolute atomic E-state index is 12.8. The van der Waals surface area contributed by atoms with E-state index in [0.717, 1.165) is 24.9 Å². The van der Waals surface area contributed by atoms with Crippen LogP contribution in [0.3, 0.4) is 0 Å². The van der Waals surface area contributed by atoms with E-state index in [-0.39, 0.29) is 6.04 Å². The molecule has 1 aromatic rings. The molecular weight excluding hydrogens is 340 g/mol. The van der Waals surface area contributed by atoms with Crippen molar-refractivity contribution in [3.63, 3.8) is 0 Å². The second-order valence-corrected chi connectivity index (χ2v) is 7.70. The molecular formula is C14H21BrN2O2S. The van der Waals surface area contributed by atoms with Crippen molar-refractivity contribution >= 4 is 26.0 Å². The van der Waals surface area contributed by atoms with Gasteiger partial charge in [0, 0.05) is 23.6 Å². The standard InChI is InChI=1S/C14H21BrN2O2S/c1-3-16-10-11-5-8-13(15)14(9-11)20(18,19)17(4-2)12-6-7-12/h5,8-9,12,16H,3-4,6-7,10H2,1-2H3. The van der Waals surface area contributed by atoms with E-state index in [1.54, 1.807) is 10.4 Å². The summed E-state index contributed by atoms with van der Waals surface area (Å²) in [5.74, 6) is 0. The molecule has 4 nitrogen and oxygen atoms in total. The number of halogens is 1. The quantitative estimate of drug-likeness (QED) is 0.813. The van der Waals surface area contributed by atoms with Crippen molar-refractivity contribution in [2.24, 2.45) is 0 Å². The number of hydrogen-bond donors (Lipinski definition) is 1. The molecule has 1 aliphatic rings. The first-order valence-corrected chi connectivity index (χ1v) is 9.25. The molecule has 0 aromatic heterocycles. The van der Waals surface area contributed by atoms with E-state index in [0.29, 0.717) is 22.5 Å². The molecule has 1 N–H and O–H groups in total. The highest BCUT2D eigenvalue weighted by atomic mass is 79.9. The molecule has 0 heterocycles. The maximum atomic E-state index is 12.8. The summed E-state index contributed by atoms with van der Waals surface area (Å²) in [6.07, 6.45) is 1.95. The van der Waals surface area contributed by atoms with Gasteiger partial charge in [-0.25, -0.2) is 8.42 Å². The van der Waals surface area contributed by atoms with Crippen LogP contribution in [0.15, 0.2) is 27.6 Å². The number of rotatable bonds is 7. The Bertz CT molecular complexity index is 571. The largest absolute Gasteiger partial charge is 0.313 e. The molecule has 0 amide bonds. The van der Waals surface area contributed by atoms with E-state index < -0.39 is 10.0 Å². The van der Waals surface area contributed by atoms with E-state index in [1.165, 1.54) is 0 Å². The molecule has 1 aromatic carbocycles. The molecule has 0 bridgehead atoms. The highest BCUT2D eigenvalue weighted by molar-refractivity contribution is 9.10. The summed E-state index contributed by atoms with van der Waals surface area (Å²) in [7, 11) is -3.41. The van der Waals surface area contributed by atoms with Gasteiger partial charge in [-0.15, -0.1) is 0 Å². The Hall–Kier alpha value is -0.430. The van der Waals surface area contributed by atoms with Crippen LogP contribution in [0, 0.1) is 0 Å². The van der Waals surface area contributed by atoms with Crippen molar-refractivity contribution in [1.82, 2.24) is 9.62 Å². The summed E-state index contributed by atoms with van der Waals surface area (Å²) in [5.41, 5.74) is 0.987. The van der Waals surface area contributed by atoms with Crippen molar-refractivity contribution in [1.29, 1.82) is 0 Å². The minimum atomic E-state index is -3.41. The molecule has 1 aliphatic carbocycles. The van der Waals surface area contributed by atoms with E-state index >= 15 is 0 Å². The van der Waals surface area contributed by atoms with Crippen molar-refractivity contribution in [2.45, 2.75) is 44.2 Å². The maximum Gasteiger partial charge on any atom is 0.244 e. The Morgan fingerprint density at radius 1 is 1.35 bits per heavy atom. The van der Waals surface area contributed by atoms with E-state index in [2.05, 4.69) is 21.2 Å². The van der Waals surface area contributed by atoms with Gasteiger partial charge in [0.15, 0.2) is 0 Å². The molecule has 0 atom stereocenters. The van der Waals surface area contributed by atoms with Gasteiger partial charge in [-0.3, -0.25) is 0 Å². The summed E-state index contributed by atoms with van der Waals surface area (Å²) in [6, 6.07) is 5.72. The minimum Gasteiger partial charge on any atom is -0.313 e.